The Balaban J connectivity index is 0.980. The van der Waals surface area contributed by atoms with E-state index < -0.39 is 0 Å². The highest BCUT2D eigenvalue weighted by atomic mass is 32.2. The van der Waals surface area contributed by atoms with Gasteiger partial charge in [0.05, 0.1) is 71.5 Å². The summed E-state index contributed by atoms with van der Waals surface area (Å²) in [5, 5.41) is 19.9. The number of hydrogen-bond donors (Lipinski definition) is 4. The zero-order valence-corrected chi connectivity index (χ0v) is 26.7. The van der Waals surface area contributed by atoms with Crippen molar-refractivity contribution in [2.45, 2.75) is 43.0 Å². The van der Waals surface area contributed by atoms with Gasteiger partial charge in [-0.2, -0.15) is 11.8 Å². The van der Waals surface area contributed by atoms with Gasteiger partial charge in [-0.1, -0.05) is 30.7 Å². The molecule has 4 N–H and O–H groups in total. The molecule has 2 aliphatic heterocycles. The molecule has 0 aliphatic carbocycles. The first-order valence-corrected chi connectivity index (χ1v) is 16.8. The van der Waals surface area contributed by atoms with Crippen LogP contribution in [-0.2, 0) is 23.7 Å². The van der Waals surface area contributed by atoms with E-state index in [9.17, 15) is 9.59 Å². The van der Waals surface area contributed by atoms with Gasteiger partial charge in [-0.25, -0.2) is 4.79 Å². The van der Waals surface area contributed by atoms with Gasteiger partial charge in [0.2, 0.25) is 5.91 Å². The summed E-state index contributed by atoms with van der Waals surface area (Å²) in [6, 6.07) is 12.1. The fraction of sp³-hybridized carbons (Fsp3) is 0.625. The number of hydrogen-bond acceptors (Lipinski definition) is 10. The minimum Gasteiger partial charge on any atom is -0.491 e. The lowest BCUT2D eigenvalue weighted by Crippen LogP contribution is -2.36. The van der Waals surface area contributed by atoms with Crippen LogP contribution in [0.5, 0.6) is 11.5 Å². The molecule has 13 heteroatoms. The zero-order chi connectivity index (χ0) is 31.5. The van der Waals surface area contributed by atoms with Crippen molar-refractivity contribution in [3.05, 3.63) is 36.4 Å². The number of ether oxygens (including phenoxy) is 6. The molecule has 2 aliphatic rings. The Morgan fingerprint density at radius 1 is 0.800 bits per heavy atom. The van der Waals surface area contributed by atoms with Crippen LogP contribution in [0.25, 0.3) is 10.8 Å². The van der Waals surface area contributed by atoms with Gasteiger partial charge in [-0.05, 0) is 25.0 Å². The van der Waals surface area contributed by atoms with Crippen LogP contribution >= 0.6 is 11.8 Å². The number of aliphatic hydroxyl groups excluding tert-OH is 1. The fourth-order valence-electron chi connectivity index (χ4n) is 5.26. The number of unbranched alkanes of at least 4 members (excludes halogenated alkanes) is 1. The Morgan fingerprint density at radius 2 is 1.40 bits per heavy atom. The molecule has 2 aromatic carbocycles. The van der Waals surface area contributed by atoms with E-state index in [-0.39, 0.29) is 30.6 Å². The second kappa shape index (κ2) is 20.3. The normalized spacial score (nSPS) is 18.9. The number of nitrogens with one attached hydrogen (secondary N) is 3. The molecule has 4 rings (SSSR count). The van der Waals surface area contributed by atoms with Gasteiger partial charge in [0.1, 0.15) is 24.7 Å². The number of thioether (sulfide) groups is 1. The summed E-state index contributed by atoms with van der Waals surface area (Å²) in [6.07, 6.45) is 3.32. The monoisotopic (exact) mass is 649 g/mol. The third kappa shape index (κ3) is 12.1. The fourth-order valence-corrected chi connectivity index (χ4v) is 6.80. The van der Waals surface area contributed by atoms with Gasteiger partial charge >= 0.3 is 6.03 Å². The number of aliphatic hydroxyl groups is 1. The van der Waals surface area contributed by atoms with Crippen molar-refractivity contribution in [1.82, 2.24) is 16.0 Å². The summed E-state index contributed by atoms with van der Waals surface area (Å²) < 4.78 is 33.8. The summed E-state index contributed by atoms with van der Waals surface area (Å²) in [5.74, 6) is 2.52. The van der Waals surface area contributed by atoms with Crippen LogP contribution in [0.1, 0.15) is 25.7 Å². The number of amides is 3. The predicted octanol–water partition coefficient (Wildman–Crippen LogP) is 2.50. The van der Waals surface area contributed by atoms with E-state index in [2.05, 4.69) is 16.0 Å². The van der Waals surface area contributed by atoms with Gasteiger partial charge in [-0.3, -0.25) is 4.79 Å². The van der Waals surface area contributed by atoms with E-state index in [0.717, 1.165) is 47.3 Å². The van der Waals surface area contributed by atoms with Crippen LogP contribution < -0.4 is 25.4 Å². The summed E-state index contributed by atoms with van der Waals surface area (Å²) in [7, 11) is 0. The maximum Gasteiger partial charge on any atom is 0.315 e. The number of benzene rings is 2. The maximum absolute atomic E-state index is 12.1. The molecule has 0 unspecified atom stereocenters. The first-order valence-electron chi connectivity index (χ1n) is 15.8. The molecule has 0 spiro atoms. The van der Waals surface area contributed by atoms with Crippen LogP contribution in [0.2, 0.25) is 0 Å². The topological polar surface area (TPSA) is 146 Å². The van der Waals surface area contributed by atoms with Crippen molar-refractivity contribution >= 4 is 34.5 Å². The van der Waals surface area contributed by atoms with Crippen molar-refractivity contribution in [3.63, 3.8) is 0 Å². The lowest BCUT2D eigenvalue weighted by molar-refractivity contribution is -0.121. The summed E-state index contributed by atoms with van der Waals surface area (Å²) in [6.45, 7) is 4.69. The molecule has 0 radical (unpaired) electrons. The predicted molar refractivity (Wildman–Crippen MR) is 172 cm³/mol. The molecule has 12 nitrogen and oxygen atoms in total. The summed E-state index contributed by atoms with van der Waals surface area (Å²) in [4.78, 5) is 23.6. The van der Waals surface area contributed by atoms with E-state index in [1.807, 2.05) is 48.2 Å². The van der Waals surface area contributed by atoms with Gasteiger partial charge in [0.25, 0.3) is 0 Å². The average molecular weight is 650 g/mol. The van der Waals surface area contributed by atoms with Gasteiger partial charge in [0.15, 0.2) is 0 Å². The number of fused-ring (bicyclic) bond motifs is 2. The molecule has 0 aromatic heterocycles. The molecular weight excluding hydrogens is 602 g/mol. The second-order valence-electron chi connectivity index (χ2n) is 10.7. The molecule has 3 amide bonds. The van der Waals surface area contributed by atoms with Crippen LogP contribution in [0.4, 0.5) is 4.79 Å². The molecule has 2 fully saturated rings. The lowest BCUT2D eigenvalue weighted by Gasteiger charge is -2.16. The van der Waals surface area contributed by atoms with Crippen molar-refractivity contribution in [2.75, 3.05) is 85.0 Å². The zero-order valence-electron chi connectivity index (χ0n) is 25.8. The number of rotatable bonds is 24. The van der Waals surface area contributed by atoms with Gasteiger partial charge < -0.3 is 49.5 Å². The van der Waals surface area contributed by atoms with E-state index in [4.69, 9.17) is 33.5 Å². The van der Waals surface area contributed by atoms with Crippen molar-refractivity contribution in [2.24, 2.45) is 0 Å². The Hall–Kier alpha value is -2.81. The van der Waals surface area contributed by atoms with Crippen LogP contribution in [0.15, 0.2) is 36.4 Å². The van der Waals surface area contributed by atoms with E-state index >= 15 is 0 Å². The molecule has 45 heavy (non-hydrogen) atoms. The average Bonchev–Trinajstić information content (AvgIpc) is 3.60. The molecule has 0 bridgehead atoms. The minimum absolute atomic E-state index is 0.00765. The third-order valence-corrected chi connectivity index (χ3v) is 8.95. The Morgan fingerprint density at radius 3 is 2.04 bits per heavy atom. The van der Waals surface area contributed by atoms with Crippen LogP contribution in [0, 0.1) is 0 Å². The second-order valence-corrected chi connectivity index (χ2v) is 12.0. The molecule has 3 atom stereocenters. The summed E-state index contributed by atoms with van der Waals surface area (Å²) >= 11 is 1.90. The van der Waals surface area contributed by atoms with E-state index in [1.54, 1.807) is 0 Å². The number of carbonyl (C=O) groups excluding carboxylic acids is 2. The quantitative estimate of drug-likeness (QED) is 0.0989. The van der Waals surface area contributed by atoms with Crippen molar-refractivity contribution < 1.29 is 43.1 Å². The smallest absolute Gasteiger partial charge is 0.315 e. The summed E-state index contributed by atoms with van der Waals surface area (Å²) in [5.41, 5.74) is 0. The highest BCUT2D eigenvalue weighted by Gasteiger charge is 2.42. The van der Waals surface area contributed by atoms with Crippen molar-refractivity contribution in [1.29, 1.82) is 0 Å². The molecule has 250 valence electrons. The number of carbonyl (C=O) groups is 2. The molecular formula is C32H47N3O9S. The number of urea groups is 1. The minimum atomic E-state index is -0.0613. The van der Waals surface area contributed by atoms with Crippen LogP contribution in [-0.4, -0.2) is 119 Å². The molecule has 2 aromatic rings. The molecule has 2 heterocycles. The maximum atomic E-state index is 12.1. The Kier molecular flexibility index (Phi) is 15.8. The SMILES string of the molecule is O=C(CCCC[C@@H]1SC[C@@H]2NC(=O)N[C@@H]21)NCCOCCOCCOc1cccc2c(OCCOCCOCCO)cccc12. The molecule has 2 saturated heterocycles. The Labute approximate surface area is 269 Å². The highest BCUT2D eigenvalue weighted by Crippen LogP contribution is 2.33. The van der Waals surface area contributed by atoms with Crippen molar-refractivity contribution in [3.8, 4) is 11.5 Å². The largest absolute Gasteiger partial charge is 0.491 e. The Bertz CT molecular complexity index is 1170. The lowest BCUT2D eigenvalue weighted by atomic mass is 10.0. The first kappa shape index (κ1) is 35.1. The van der Waals surface area contributed by atoms with E-state index in [0.29, 0.717) is 84.3 Å². The highest BCUT2D eigenvalue weighted by molar-refractivity contribution is 8.00. The van der Waals surface area contributed by atoms with Gasteiger partial charge in [-0.15, -0.1) is 0 Å². The van der Waals surface area contributed by atoms with Gasteiger partial charge in [0, 0.05) is 34.7 Å². The standard InChI is InChI=1S/C32H47N3O9S/c36-12-14-40-16-18-42-20-22-44-28-8-4-5-24-25(28)6-3-7-27(24)43-21-19-41-17-15-39-13-11-33-30(37)10-2-1-9-29-31-26(23-45-29)34-32(38)35-31/h3-8,26,29,31,36H,1-2,9-23H2,(H,33,37)(H2,34,35,38)/t26-,29-,31-/m0/s1. The molecule has 0 saturated carbocycles. The van der Waals surface area contributed by atoms with Crippen LogP contribution in [0.3, 0.4) is 0 Å². The first-order chi connectivity index (χ1) is 22.2. The van der Waals surface area contributed by atoms with E-state index in [1.165, 1.54) is 0 Å². The third-order valence-electron chi connectivity index (χ3n) is 7.44.